The van der Waals surface area contributed by atoms with E-state index in [1.165, 1.54) is 6.92 Å². The summed E-state index contributed by atoms with van der Waals surface area (Å²) in [6, 6.07) is 0. The summed E-state index contributed by atoms with van der Waals surface area (Å²) in [6.45, 7) is 8.98. The standard InChI is InChI=1S/C12H22O5/c1-6-16-10(15)12(5,9(13)14)7-8-17-11(2,3)4/h6-8H2,1-5H3,(H,13,14). The summed E-state index contributed by atoms with van der Waals surface area (Å²) in [4.78, 5) is 22.7. The molecule has 5 nitrogen and oxygen atoms in total. The van der Waals surface area contributed by atoms with Gasteiger partial charge in [0.05, 0.1) is 12.2 Å². The van der Waals surface area contributed by atoms with E-state index < -0.39 is 17.4 Å². The molecule has 100 valence electrons. The summed E-state index contributed by atoms with van der Waals surface area (Å²) >= 11 is 0. The second kappa shape index (κ2) is 6.00. The van der Waals surface area contributed by atoms with Crippen molar-refractivity contribution in [2.45, 2.75) is 46.6 Å². The molecule has 0 amide bonds. The molecule has 0 aliphatic heterocycles. The van der Waals surface area contributed by atoms with Gasteiger partial charge in [-0.3, -0.25) is 9.59 Å². The van der Waals surface area contributed by atoms with E-state index in [1.54, 1.807) is 6.92 Å². The maximum Gasteiger partial charge on any atom is 0.323 e. The third kappa shape index (κ3) is 5.17. The van der Waals surface area contributed by atoms with Gasteiger partial charge in [-0.1, -0.05) is 0 Å². The smallest absolute Gasteiger partial charge is 0.323 e. The van der Waals surface area contributed by atoms with E-state index in [1.807, 2.05) is 20.8 Å². The van der Waals surface area contributed by atoms with Crippen molar-refractivity contribution in [1.29, 1.82) is 0 Å². The van der Waals surface area contributed by atoms with Crippen LogP contribution in [0.4, 0.5) is 0 Å². The van der Waals surface area contributed by atoms with Crippen LogP contribution in [0.3, 0.4) is 0 Å². The monoisotopic (exact) mass is 246 g/mol. The molecule has 5 heteroatoms. The average Bonchev–Trinajstić information content (AvgIpc) is 2.15. The topological polar surface area (TPSA) is 72.8 Å². The predicted octanol–water partition coefficient (Wildman–Crippen LogP) is 1.85. The molecule has 0 radical (unpaired) electrons. The van der Waals surface area contributed by atoms with Gasteiger partial charge in [-0.25, -0.2) is 0 Å². The van der Waals surface area contributed by atoms with E-state index in [0.717, 1.165) is 0 Å². The SMILES string of the molecule is CCOC(=O)C(C)(CCOC(C)(C)C)C(=O)O. The first-order chi connectivity index (χ1) is 7.63. The Morgan fingerprint density at radius 3 is 2.06 bits per heavy atom. The predicted molar refractivity (Wildman–Crippen MR) is 62.7 cm³/mol. The second-order valence-corrected chi connectivity index (χ2v) is 5.07. The fourth-order valence-corrected chi connectivity index (χ4v) is 1.15. The second-order valence-electron chi connectivity index (χ2n) is 5.07. The molecule has 0 bridgehead atoms. The first-order valence-corrected chi connectivity index (χ1v) is 5.68. The maximum atomic E-state index is 11.6. The van der Waals surface area contributed by atoms with Crippen molar-refractivity contribution in [3.63, 3.8) is 0 Å². The number of esters is 1. The van der Waals surface area contributed by atoms with Crippen LogP contribution in [-0.2, 0) is 19.1 Å². The fraction of sp³-hybridized carbons (Fsp3) is 0.833. The average molecular weight is 246 g/mol. The number of hydrogen-bond donors (Lipinski definition) is 1. The lowest BCUT2D eigenvalue weighted by Crippen LogP contribution is -2.39. The molecule has 0 saturated heterocycles. The molecule has 17 heavy (non-hydrogen) atoms. The zero-order chi connectivity index (χ0) is 13.7. The summed E-state index contributed by atoms with van der Waals surface area (Å²) in [5.41, 5.74) is -1.89. The number of carboxylic acid groups (broad SMARTS) is 1. The molecule has 0 spiro atoms. The van der Waals surface area contributed by atoms with Crippen LogP contribution in [0.5, 0.6) is 0 Å². The number of carbonyl (C=O) groups excluding carboxylic acids is 1. The van der Waals surface area contributed by atoms with Crippen molar-refractivity contribution < 1.29 is 24.2 Å². The van der Waals surface area contributed by atoms with Gasteiger partial charge in [0.25, 0.3) is 0 Å². The Morgan fingerprint density at radius 1 is 1.18 bits per heavy atom. The van der Waals surface area contributed by atoms with E-state index in [4.69, 9.17) is 14.6 Å². The van der Waals surface area contributed by atoms with Crippen molar-refractivity contribution in [2.75, 3.05) is 13.2 Å². The third-order valence-corrected chi connectivity index (χ3v) is 2.34. The van der Waals surface area contributed by atoms with Crippen LogP contribution in [0.15, 0.2) is 0 Å². The van der Waals surface area contributed by atoms with Gasteiger partial charge in [0.2, 0.25) is 0 Å². The normalized spacial score (nSPS) is 15.1. The minimum absolute atomic E-state index is 0.0957. The van der Waals surface area contributed by atoms with E-state index in [2.05, 4.69) is 0 Å². The van der Waals surface area contributed by atoms with E-state index in [-0.39, 0.29) is 25.2 Å². The molecule has 0 aromatic carbocycles. The molecule has 1 N–H and O–H groups in total. The molecule has 1 atom stereocenters. The van der Waals surface area contributed by atoms with Crippen LogP contribution in [0, 0.1) is 5.41 Å². The van der Waals surface area contributed by atoms with Crippen LogP contribution < -0.4 is 0 Å². The zero-order valence-electron chi connectivity index (χ0n) is 11.2. The van der Waals surface area contributed by atoms with Gasteiger partial charge in [-0.2, -0.15) is 0 Å². The number of hydrogen-bond acceptors (Lipinski definition) is 4. The van der Waals surface area contributed by atoms with Crippen molar-refractivity contribution in [2.24, 2.45) is 5.41 Å². The number of carboxylic acids is 1. The quantitative estimate of drug-likeness (QED) is 0.572. The number of carbonyl (C=O) groups is 2. The van der Waals surface area contributed by atoms with Crippen molar-refractivity contribution in [1.82, 2.24) is 0 Å². The highest BCUT2D eigenvalue weighted by atomic mass is 16.5. The lowest BCUT2D eigenvalue weighted by atomic mass is 9.87. The van der Waals surface area contributed by atoms with Crippen LogP contribution >= 0.6 is 0 Å². The van der Waals surface area contributed by atoms with Gasteiger partial charge in [0.1, 0.15) is 0 Å². The Morgan fingerprint density at radius 2 is 1.71 bits per heavy atom. The molecule has 1 unspecified atom stereocenters. The zero-order valence-corrected chi connectivity index (χ0v) is 11.2. The molecule has 0 rings (SSSR count). The summed E-state index contributed by atoms with van der Waals surface area (Å²) in [5.74, 6) is -1.90. The van der Waals surface area contributed by atoms with Gasteiger partial charge in [0, 0.05) is 6.61 Å². The molecule has 0 heterocycles. The largest absolute Gasteiger partial charge is 0.480 e. The minimum atomic E-state index is -1.54. The van der Waals surface area contributed by atoms with Gasteiger partial charge in [0.15, 0.2) is 5.41 Å². The summed E-state index contributed by atoms with van der Waals surface area (Å²) in [7, 11) is 0. The molecule has 0 aliphatic carbocycles. The number of aliphatic carboxylic acids is 1. The van der Waals surface area contributed by atoms with Gasteiger partial charge in [-0.05, 0) is 41.0 Å². The molecule has 0 aromatic heterocycles. The Kier molecular flexibility index (Phi) is 5.61. The number of rotatable bonds is 6. The third-order valence-electron chi connectivity index (χ3n) is 2.34. The molecule has 0 saturated carbocycles. The molecular weight excluding hydrogens is 224 g/mol. The summed E-state index contributed by atoms with van der Waals surface area (Å²) < 4.78 is 10.2. The maximum absolute atomic E-state index is 11.6. The Labute approximate surface area is 102 Å². The van der Waals surface area contributed by atoms with Gasteiger partial charge < -0.3 is 14.6 Å². The van der Waals surface area contributed by atoms with Crippen LogP contribution in [-0.4, -0.2) is 35.9 Å². The highest BCUT2D eigenvalue weighted by Crippen LogP contribution is 2.25. The molecular formula is C12H22O5. The lowest BCUT2D eigenvalue weighted by molar-refractivity contribution is -0.169. The Hall–Kier alpha value is -1.10. The van der Waals surface area contributed by atoms with Crippen molar-refractivity contribution in [3.05, 3.63) is 0 Å². The summed E-state index contributed by atoms with van der Waals surface area (Å²) in [6.07, 6.45) is 0.0957. The van der Waals surface area contributed by atoms with Crippen molar-refractivity contribution in [3.8, 4) is 0 Å². The lowest BCUT2D eigenvalue weighted by Gasteiger charge is -2.25. The van der Waals surface area contributed by atoms with E-state index >= 15 is 0 Å². The molecule has 0 fully saturated rings. The van der Waals surface area contributed by atoms with Crippen LogP contribution in [0.25, 0.3) is 0 Å². The molecule has 0 aromatic rings. The van der Waals surface area contributed by atoms with Gasteiger partial charge >= 0.3 is 11.9 Å². The van der Waals surface area contributed by atoms with Crippen molar-refractivity contribution >= 4 is 11.9 Å². The van der Waals surface area contributed by atoms with Gasteiger partial charge in [-0.15, -0.1) is 0 Å². The Balaban J connectivity index is 4.53. The Bertz CT molecular complexity index is 279. The summed E-state index contributed by atoms with van der Waals surface area (Å²) in [5, 5.41) is 9.10. The highest BCUT2D eigenvalue weighted by Gasteiger charge is 2.42. The van der Waals surface area contributed by atoms with Crippen LogP contribution in [0.1, 0.15) is 41.0 Å². The number of ether oxygens (including phenoxy) is 2. The minimum Gasteiger partial charge on any atom is -0.480 e. The highest BCUT2D eigenvalue weighted by molar-refractivity contribution is 5.98. The first kappa shape index (κ1) is 15.9. The molecule has 0 aliphatic rings. The van der Waals surface area contributed by atoms with E-state index in [0.29, 0.717) is 0 Å². The first-order valence-electron chi connectivity index (χ1n) is 5.68. The van der Waals surface area contributed by atoms with Crippen LogP contribution in [0.2, 0.25) is 0 Å². The van der Waals surface area contributed by atoms with E-state index in [9.17, 15) is 9.59 Å². The fourth-order valence-electron chi connectivity index (χ4n) is 1.15.